The largest absolute Gasteiger partial charge is 0.460 e. The molecule has 0 aliphatic carbocycles. The summed E-state index contributed by atoms with van der Waals surface area (Å²) in [5.74, 6) is 0.0570. The minimum Gasteiger partial charge on any atom is -0.460 e. The van der Waals surface area contributed by atoms with E-state index in [1.54, 1.807) is 6.92 Å². The third kappa shape index (κ3) is 2.11. The van der Waals surface area contributed by atoms with Crippen molar-refractivity contribution in [2.24, 2.45) is 0 Å². The minimum absolute atomic E-state index is 0.126. The highest BCUT2D eigenvalue weighted by atomic mass is 16.5. The van der Waals surface area contributed by atoms with Crippen LogP contribution in [0.1, 0.15) is 17.5 Å². The number of hydrogen-bond donors (Lipinski definition) is 0. The molecular weight excluding hydrogens is 206 g/mol. The molecule has 0 radical (unpaired) electrons. The van der Waals surface area contributed by atoms with Crippen LogP contribution in [0.5, 0.6) is 0 Å². The topological polar surface area (TPSA) is 52.3 Å². The summed E-state index contributed by atoms with van der Waals surface area (Å²) in [6.07, 6.45) is 1.38. The molecule has 82 valence electrons. The Morgan fingerprint density at radius 3 is 2.81 bits per heavy atom. The number of hydrogen-bond acceptors (Lipinski definition) is 4. The van der Waals surface area contributed by atoms with Gasteiger partial charge in [-0.2, -0.15) is 0 Å². The Bertz CT molecular complexity index is 476. The van der Waals surface area contributed by atoms with Gasteiger partial charge in [0.05, 0.1) is 12.8 Å². The number of nitrogens with zero attached hydrogens (tertiary/aromatic N) is 1. The molecule has 0 fully saturated rings. The van der Waals surface area contributed by atoms with Crippen molar-refractivity contribution in [1.82, 2.24) is 4.98 Å². The molecule has 1 aromatic carbocycles. The van der Waals surface area contributed by atoms with E-state index < -0.39 is 5.97 Å². The first-order valence-corrected chi connectivity index (χ1v) is 4.99. The summed E-state index contributed by atoms with van der Waals surface area (Å²) in [4.78, 5) is 15.4. The van der Waals surface area contributed by atoms with E-state index in [2.05, 4.69) is 4.98 Å². The van der Waals surface area contributed by atoms with E-state index in [4.69, 9.17) is 9.15 Å². The van der Waals surface area contributed by atoms with Crippen molar-refractivity contribution in [3.8, 4) is 11.5 Å². The first-order chi connectivity index (χ1) is 7.81. The summed E-state index contributed by atoms with van der Waals surface area (Å²) < 4.78 is 10.1. The monoisotopic (exact) mass is 217 g/mol. The van der Waals surface area contributed by atoms with Gasteiger partial charge in [-0.1, -0.05) is 18.2 Å². The Morgan fingerprint density at radius 2 is 2.12 bits per heavy atom. The summed E-state index contributed by atoms with van der Waals surface area (Å²) >= 11 is 0. The summed E-state index contributed by atoms with van der Waals surface area (Å²) in [6, 6.07) is 9.38. The van der Waals surface area contributed by atoms with Crippen LogP contribution in [0, 0.1) is 0 Å². The standard InChI is InChI=1S/C12H11NO3/c1-2-15-12(14)10-8-13-11(16-10)9-6-4-3-5-7-9/h3-8H,2H2,1H3. The van der Waals surface area contributed by atoms with Gasteiger partial charge in [0.25, 0.3) is 0 Å². The molecule has 0 spiro atoms. The number of carbonyl (C=O) groups is 1. The van der Waals surface area contributed by atoms with Gasteiger partial charge in [-0.15, -0.1) is 0 Å². The van der Waals surface area contributed by atoms with Crippen molar-refractivity contribution in [3.05, 3.63) is 42.3 Å². The summed E-state index contributed by atoms with van der Waals surface area (Å²) in [6.45, 7) is 2.06. The third-order valence-electron chi connectivity index (χ3n) is 2.00. The first kappa shape index (κ1) is 10.4. The quantitative estimate of drug-likeness (QED) is 0.741. The Kier molecular flexibility index (Phi) is 3.00. The molecule has 1 aromatic heterocycles. The molecule has 0 atom stereocenters. The second-order valence-corrected chi connectivity index (χ2v) is 3.12. The maximum Gasteiger partial charge on any atom is 0.375 e. The molecule has 0 aliphatic heterocycles. The second-order valence-electron chi connectivity index (χ2n) is 3.12. The van der Waals surface area contributed by atoms with Crippen LogP contribution in [0.3, 0.4) is 0 Å². The minimum atomic E-state index is -0.489. The summed E-state index contributed by atoms with van der Waals surface area (Å²) in [5.41, 5.74) is 0.832. The fourth-order valence-electron chi connectivity index (χ4n) is 1.28. The van der Waals surface area contributed by atoms with Crippen LogP contribution >= 0.6 is 0 Å². The third-order valence-corrected chi connectivity index (χ3v) is 2.00. The van der Waals surface area contributed by atoms with Crippen molar-refractivity contribution in [3.63, 3.8) is 0 Å². The van der Waals surface area contributed by atoms with Crippen molar-refractivity contribution in [2.75, 3.05) is 6.61 Å². The lowest BCUT2D eigenvalue weighted by molar-refractivity contribution is 0.0491. The summed E-state index contributed by atoms with van der Waals surface area (Å²) in [7, 11) is 0. The van der Waals surface area contributed by atoms with Crippen LogP contribution in [0.15, 0.2) is 40.9 Å². The van der Waals surface area contributed by atoms with E-state index in [0.29, 0.717) is 12.5 Å². The van der Waals surface area contributed by atoms with Gasteiger partial charge in [-0.3, -0.25) is 0 Å². The first-order valence-electron chi connectivity index (χ1n) is 4.99. The molecule has 0 amide bonds. The lowest BCUT2D eigenvalue weighted by Gasteiger charge is -1.96. The van der Waals surface area contributed by atoms with Gasteiger partial charge in [-0.25, -0.2) is 9.78 Å². The van der Waals surface area contributed by atoms with Crippen molar-refractivity contribution >= 4 is 5.97 Å². The highest BCUT2D eigenvalue weighted by molar-refractivity contribution is 5.86. The van der Waals surface area contributed by atoms with Crippen LogP contribution in [0.4, 0.5) is 0 Å². The average Bonchev–Trinajstić information content (AvgIpc) is 2.80. The summed E-state index contributed by atoms with van der Waals surface area (Å²) in [5, 5.41) is 0. The molecule has 4 nitrogen and oxygen atoms in total. The van der Waals surface area contributed by atoms with Gasteiger partial charge in [0, 0.05) is 5.56 Å². The molecular formula is C12H11NO3. The lowest BCUT2D eigenvalue weighted by Crippen LogP contribution is -2.02. The van der Waals surface area contributed by atoms with E-state index in [9.17, 15) is 4.79 Å². The van der Waals surface area contributed by atoms with E-state index in [1.807, 2.05) is 30.3 Å². The highest BCUT2D eigenvalue weighted by Crippen LogP contribution is 2.18. The van der Waals surface area contributed by atoms with E-state index in [1.165, 1.54) is 6.20 Å². The number of ether oxygens (including phenoxy) is 1. The Hall–Kier alpha value is -2.10. The normalized spacial score (nSPS) is 10.1. The SMILES string of the molecule is CCOC(=O)c1cnc(-c2ccccc2)o1. The lowest BCUT2D eigenvalue weighted by atomic mass is 10.2. The zero-order chi connectivity index (χ0) is 11.4. The molecule has 0 saturated carbocycles. The van der Waals surface area contributed by atoms with Crippen molar-refractivity contribution in [1.29, 1.82) is 0 Å². The number of rotatable bonds is 3. The Labute approximate surface area is 92.9 Å². The number of oxazole rings is 1. The van der Waals surface area contributed by atoms with Crippen LogP contribution in [0.25, 0.3) is 11.5 Å². The molecule has 0 saturated heterocycles. The number of carbonyl (C=O) groups excluding carboxylic acids is 1. The van der Waals surface area contributed by atoms with Crippen molar-refractivity contribution < 1.29 is 13.9 Å². The molecule has 4 heteroatoms. The fraction of sp³-hybridized carbons (Fsp3) is 0.167. The van der Waals surface area contributed by atoms with Crippen LogP contribution in [0.2, 0.25) is 0 Å². The highest BCUT2D eigenvalue weighted by Gasteiger charge is 2.13. The predicted octanol–water partition coefficient (Wildman–Crippen LogP) is 2.52. The number of aromatic nitrogens is 1. The van der Waals surface area contributed by atoms with E-state index in [0.717, 1.165) is 5.56 Å². The molecule has 2 rings (SSSR count). The molecule has 1 heterocycles. The van der Waals surface area contributed by atoms with Gasteiger partial charge in [0.15, 0.2) is 0 Å². The van der Waals surface area contributed by atoms with Crippen LogP contribution in [-0.4, -0.2) is 17.6 Å². The predicted molar refractivity (Wildman–Crippen MR) is 57.9 cm³/mol. The second kappa shape index (κ2) is 4.61. The van der Waals surface area contributed by atoms with Crippen LogP contribution in [-0.2, 0) is 4.74 Å². The fourth-order valence-corrected chi connectivity index (χ4v) is 1.28. The molecule has 16 heavy (non-hydrogen) atoms. The van der Waals surface area contributed by atoms with Gasteiger partial charge >= 0.3 is 5.97 Å². The van der Waals surface area contributed by atoms with Crippen LogP contribution < -0.4 is 0 Å². The smallest absolute Gasteiger partial charge is 0.375 e. The van der Waals surface area contributed by atoms with Gasteiger partial charge in [-0.05, 0) is 19.1 Å². The molecule has 0 aliphatic rings. The Morgan fingerprint density at radius 1 is 1.38 bits per heavy atom. The molecule has 0 unspecified atom stereocenters. The van der Waals surface area contributed by atoms with Crippen molar-refractivity contribution in [2.45, 2.75) is 6.92 Å². The molecule has 2 aromatic rings. The van der Waals surface area contributed by atoms with Gasteiger partial charge < -0.3 is 9.15 Å². The molecule has 0 N–H and O–H groups in total. The average molecular weight is 217 g/mol. The maximum absolute atomic E-state index is 11.3. The number of benzene rings is 1. The zero-order valence-corrected chi connectivity index (χ0v) is 8.84. The van der Waals surface area contributed by atoms with E-state index >= 15 is 0 Å². The number of esters is 1. The zero-order valence-electron chi connectivity index (χ0n) is 8.84. The molecule has 0 bridgehead atoms. The maximum atomic E-state index is 11.3. The Balaban J connectivity index is 2.23. The van der Waals surface area contributed by atoms with Gasteiger partial charge in [0.2, 0.25) is 11.7 Å². The van der Waals surface area contributed by atoms with E-state index in [-0.39, 0.29) is 5.76 Å². The van der Waals surface area contributed by atoms with Gasteiger partial charge in [0.1, 0.15) is 0 Å².